The third-order valence-electron chi connectivity index (χ3n) is 8.22. The van der Waals surface area contributed by atoms with Crippen LogP contribution in [-0.2, 0) is 41.7 Å². The molecule has 0 unspecified atom stereocenters. The van der Waals surface area contributed by atoms with Crippen molar-refractivity contribution < 1.29 is 33.4 Å². The van der Waals surface area contributed by atoms with Gasteiger partial charge in [-0.2, -0.15) is 0 Å². The number of carbonyl (C=O) groups is 5. The van der Waals surface area contributed by atoms with Crippen molar-refractivity contribution in [2.75, 3.05) is 31.6 Å². The second-order valence-corrected chi connectivity index (χ2v) is 12.7. The predicted octanol–water partition coefficient (Wildman–Crippen LogP) is 3.70. The summed E-state index contributed by atoms with van der Waals surface area (Å²) in [5.74, 6) is -1.64. The van der Waals surface area contributed by atoms with Gasteiger partial charge in [0.05, 0.1) is 0 Å². The van der Waals surface area contributed by atoms with Crippen molar-refractivity contribution in [1.29, 1.82) is 0 Å². The van der Waals surface area contributed by atoms with E-state index >= 15 is 0 Å². The SMILES string of the molecule is CCN(C(=O)[C@@H]1CCN1C(=O)[C@H](C)N(C)C(=O)OCc1ccccc1)[C@H]1Cc2ccc(C)cc2N(CC(=O)OC(C)(C)C)C1=O. The number of amides is 4. The number of likely N-dealkylation sites (tertiary alicyclic amines) is 1. The van der Waals surface area contributed by atoms with Gasteiger partial charge < -0.3 is 19.3 Å². The molecule has 11 heteroatoms. The Bertz CT molecular complexity index is 1440. The van der Waals surface area contributed by atoms with Crippen LogP contribution in [0.1, 0.15) is 57.7 Å². The second kappa shape index (κ2) is 13.7. The van der Waals surface area contributed by atoms with Gasteiger partial charge in [-0.3, -0.25) is 29.0 Å². The normalized spacial score (nSPS) is 18.3. The average molecular weight is 621 g/mol. The molecule has 0 spiro atoms. The second-order valence-electron chi connectivity index (χ2n) is 12.7. The highest BCUT2D eigenvalue weighted by molar-refractivity contribution is 6.05. The first-order valence-electron chi connectivity index (χ1n) is 15.4. The number of benzene rings is 2. The highest BCUT2D eigenvalue weighted by atomic mass is 16.6. The summed E-state index contributed by atoms with van der Waals surface area (Å²) >= 11 is 0. The van der Waals surface area contributed by atoms with Gasteiger partial charge in [-0.15, -0.1) is 0 Å². The van der Waals surface area contributed by atoms with Crippen molar-refractivity contribution in [1.82, 2.24) is 14.7 Å². The molecule has 0 radical (unpaired) electrons. The number of nitrogens with zero attached hydrogens (tertiary/aromatic N) is 4. The molecule has 4 rings (SSSR count). The average Bonchev–Trinajstić information content (AvgIpc) is 2.96. The van der Waals surface area contributed by atoms with E-state index in [0.29, 0.717) is 18.7 Å². The van der Waals surface area contributed by atoms with Crippen molar-refractivity contribution in [2.24, 2.45) is 0 Å². The van der Waals surface area contributed by atoms with E-state index in [1.807, 2.05) is 55.5 Å². The van der Waals surface area contributed by atoms with Gasteiger partial charge in [-0.25, -0.2) is 4.79 Å². The van der Waals surface area contributed by atoms with E-state index in [9.17, 15) is 24.0 Å². The van der Waals surface area contributed by atoms with Crippen molar-refractivity contribution in [3.63, 3.8) is 0 Å². The maximum Gasteiger partial charge on any atom is 0.410 e. The summed E-state index contributed by atoms with van der Waals surface area (Å²) in [5.41, 5.74) is 2.50. The van der Waals surface area contributed by atoms with Gasteiger partial charge in [-0.1, -0.05) is 42.5 Å². The number of anilines is 1. The Morgan fingerprint density at radius 2 is 1.76 bits per heavy atom. The Kier molecular flexibility index (Phi) is 10.2. The number of esters is 1. The molecule has 1 fully saturated rings. The summed E-state index contributed by atoms with van der Waals surface area (Å²) in [4.78, 5) is 72.5. The van der Waals surface area contributed by atoms with Gasteiger partial charge in [0.1, 0.15) is 36.9 Å². The van der Waals surface area contributed by atoms with E-state index in [0.717, 1.165) is 16.7 Å². The molecule has 3 atom stereocenters. The van der Waals surface area contributed by atoms with Gasteiger partial charge in [-0.05, 0) is 70.7 Å². The Balaban J connectivity index is 1.47. The van der Waals surface area contributed by atoms with E-state index in [-0.39, 0.29) is 43.8 Å². The van der Waals surface area contributed by atoms with Gasteiger partial charge in [0.15, 0.2) is 0 Å². The van der Waals surface area contributed by atoms with Gasteiger partial charge in [0.25, 0.3) is 5.91 Å². The van der Waals surface area contributed by atoms with Crippen LogP contribution >= 0.6 is 0 Å². The molecule has 2 aromatic rings. The largest absolute Gasteiger partial charge is 0.459 e. The minimum Gasteiger partial charge on any atom is -0.459 e. The molecule has 0 aliphatic carbocycles. The van der Waals surface area contributed by atoms with E-state index in [4.69, 9.17) is 9.47 Å². The van der Waals surface area contributed by atoms with Crippen molar-refractivity contribution in [3.05, 3.63) is 65.2 Å². The number of hydrogen-bond acceptors (Lipinski definition) is 7. The van der Waals surface area contributed by atoms with Gasteiger partial charge in [0, 0.05) is 32.2 Å². The molecule has 0 aromatic heterocycles. The number of hydrogen-bond donors (Lipinski definition) is 0. The van der Waals surface area contributed by atoms with Crippen LogP contribution in [0.4, 0.5) is 10.5 Å². The number of likely N-dealkylation sites (N-methyl/N-ethyl adjacent to an activating group) is 2. The van der Waals surface area contributed by atoms with Crippen LogP contribution in [-0.4, -0.2) is 94.9 Å². The molecule has 11 nitrogen and oxygen atoms in total. The zero-order valence-corrected chi connectivity index (χ0v) is 27.2. The van der Waals surface area contributed by atoms with Crippen molar-refractivity contribution in [2.45, 2.75) is 84.7 Å². The summed E-state index contributed by atoms with van der Waals surface area (Å²) < 4.78 is 10.9. The van der Waals surface area contributed by atoms with Gasteiger partial charge >= 0.3 is 12.1 Å². The maximum atomic E-state index is 14.0. The summed E-state index contributed by atoms with van der Waals surface area (Å²) in [6, 6.07) is 12.5. The van der Waals surface area contributed by atoms with Crippen LogP contribution in [0.2, 0.25) is 0 Å². The summed E-state index contributed by atoms with van der Waals surface area (Å²) in [6.07, 6.45) is 0.0743. The zero-order valence-electron chi connectivity index (χ0n) is 27.2. The molecule has 2 aliphatic rings. The Morgan fingerprint density at radius 1 is 1.07 bits per heavy atom. The fourth-order valence-electron chi connectivity index (χ4n) is 5.62. The molecule has 242 valence electrons. The molecule has 2 aliphatic heterocycles. The van der Waals surface area contributed by atoms with Crippen LogP contribution in [0.5, 0.6) is 0 Å². The van der Waals surface area contributed by atoms with E-state index < -0.39 is 35.8 Å². The lowest BCUT2D eigenvalue weighted by Gasteiger charge is -2.46. The van der Waals surface area contributed by atoms with Crippen LogP contribution in [0, 0.1) is 6.92 Å². The third kappa shape index (κ3) is 7.64. The Hall–Kier alpha value is -4.41. The molecule has 1 saturated heterocycles. The molecular formula is C34H44N4O7. The topological polar surface area (TPSA) is 117 Å². The van der Waals surface area contributed by atoms with E-state index in [1.165, 1.54) is 26.6 Å². The lowest BCUT2D eigenvalue weighted by atomic mass is 9.92. The Morgan fingerprint density at radius 3 is 2.36 bits per heavy atom. The first-order chi connectivity index (χ1) is 21.2. The minimum atomic E-state index is -0.866. The molecule has 0 bridgehead atoms. The fraction of sp³-hybridized carbons (Fsp3) is 0.500. The Labute approximate surface area is 265 Å². The summed E-state index contributed by atoms with van der Waals surface area (Å²) in [7, 11) is 1.49. The quantitative estimate of drug-likeness (QED) is 0.393. The summed E-state index contributed by atoms with van der Waals surface area (Å²) in [6.45, 7) is 11.0. The van der Waals surface area contributed by atoms with Crippen LogP contribution in [0.25, 0.3) is 0 Å². The number of rotatable bonds is 9. The molecule has 45 heavy (non-hydrogen) atoms. The van der Waals surface area contributed by atoms with E-state index in [1.54, 1.807) is 34.6 Å². The number of ether oxygens (including phenoxy) is 2. The monoisotopic (exact) mass is 620 g/mol. The number of aryl methyl sites for hydroxylation is 1. The maximum absolute atomic E-state index is 14.0. The van der Waals surface area contributed by atoms with Crippen LogP contribution in [0.3, 0.4) is 0 Å². The molecule has 2 heterocycles. The highest BCUT2D eigenvalue weighted by Gasteiger charge is 2.46. The predicted molar refractivity (Wildman–Crippen MR) is 168 cm³/mol. The summed E-state index contributed by atoms with van der Waals surface area (Å²) in [5, 5.41) is 0. The van der Waals surface area contributed by atoms with Crippen molar-refractivity contribution >= 4 is 35.5 Å². The number of carbonyl (C=O) groups excluding carboxylic acids is 5. The smallest absolute Gasteiger partial charge is 0.410 e. The molecular weight excluding hydrogens is 576 g/mol. The van der Waals surface area contributed by atoms with Crippen LogP contribution in [0.15, 0.2) is 48.5 Å². The minimum absolute atomic E-state index is 0.0737. The van der Waals surface area contributed by atoms with Gasteiger partial charge in [0.2, 0.25) is 11.8 Å². The highest BCUT2D eigenvalue weighted by Crippen LogP contribution is 2.32. The molecule has 4 amide bonds. The molecule has 0 N–H and O–H groups in total. The third-order valence-corrected chi connectivity index (χ3v) is 8.22. The first-order valence-corrected chi connectivity index (χ1v) is 15.4. The lowest BCUT2D eigenvalue weighted by Crippen LogP contribution is -2.65. The molecule has 2 aromatic carbocycles. The standard InChI is InChI=1S/C34H44N4O7/c1-8-36(28-19-25-15-14-22(2)18-27(25)38(32(28)42)20-29(39)45-34(4,5)6)31(41)26-16-17-37(26)30(40)23(3)35(7)33(43)44-21-24-12-10-9-11-13-24/h9-15,18,23,26,28H,8,16-17,19-21H2,1-7H3/t23-,26-,28-/m0/s1. The number of fused-ring (bicyclic) bond motifs is 1. The fourth-order valence-corrected chi connectivity index (χ4v) is 5.62. The molecule has 0 saturated carbocycles. The van der Waals surface area contributed by atoms with Crippen LogP contribution < -0.4 is 4.90 Å². The van der Waals surface area contributed by atoms with E-state index in [2.05, 4.69) is 0 Å². The first kappa shape index (κ1) is 33.5. The lowest BCUT2D eigenvalue weighted by molar-refractivity contribution is -0.158. The van der Waals surface area contributed by atoms with Crippen molar-refractivity contribution in [3.8, 4) is 0 Å². The zero-order chi connectivity index (χ0) is 33.1.